The number of hydrogen-bond donors (Lipinski definition) is 2. The average Bonchev–Trinajstić information content (AvgIpc) is 2.92. The molecule has 1 aromatic heterocycles. The van der Waals surface area contributed by atoms with E-state index < -0.39 is 0 Å². The maximum atomic E-state index is 11.9. The number of amides is 1. The molecule has 4 heteroatoms. The van der Waals surface area contributed by atoms with Crippen LogP contribution < -0.4 is 11.1 Å². The van der Waals surface area contributed by atoms with Crippen molar-refractivity contribution in [3.05, 3.63) is 51.7 Å². The van der Waals surface area contributed by atoms with E-state index in [0.717, 1.165) is 22.4 Å². The van der Waals surface area contributed by atoms with Crippen LogP contribution in [0.3, 0.4) is 0 Å². The molecule has 2 aromatic rings. The maximum Gasteiger partial charge on any atom is 0.228 e. The molecule has 0 saturated carbocycles. The largest absolute Gasteiger partial charge is 0.326 e. The molecular weight excluding hydrogens is 268 g/mol. The Labute approximate surface area is 122 Å². The summed E-state index contributed by atoms with van der Waals surface area (Å²) in [5.74, 6) is 5.81. The summed E-state index contributed by atoms with van der Waals surface area (Å²) < 4.78 is 0. The molecule has 3 nitrogen and oxygen atoms in total. The van der Waals surface area contributed by atoms with Gasteiger partial charge in [0.2, 0.25) is 5.91 Å². The molecule has 102 valence electrons. The summed E-state index contributed by atoms with van der Waals surface area (Å²) in [5, 5.41) is 6.84. The van der Waals surface area contributed by atoms with E-state index in [0.29, 0.717) is 13.0 Å². The van der Waals surface area contributed by atoms with E-state index in [4.69, 9.17) is 5.73 Å². The van der Waals surface area contributed by atoms with E-state index in [-0.39, 0.29) is 5.91 Å². The molecule has 0 spiro atoms. The zero-order valence-electron chi connectivity index (χ0n) is 11.3. The highest BCUT2D eigenvalue weighted by Crippen LogP contribution is 2.15. The third-order valence-corrected chi connectivity index (χ3v) is 3.52. The fourth-order valence-corrected chi connectivity index (χ4v) is 2.43. The summed E-state index contributed by atoms with van der Waals surface area (Å²) in [4.78, 5) is 11.9. The van der Waals surface area contributed by atoms with Crippen molar-refractivity contribution in [3.63, 3.8) is 0 Å². The normalized spacial score (nSPS) is 9.70. The molecule has 0 bridgehead atoms. The highest BCUT2D eigenvalue weighted by molar-refractivity contribution is 7.08. The summed E-state index contributed by atoms with van der Waals surface area (Å²) in [5.41, 5.74) is 9.13. The summed E-state index contributed by atoms with van der Waals surface area (Å²) in [6.45, 7) is 2.31. The van der Waals surface area contributed by atoms with Crippen LogP contribution >= 0.6 is 11.3 Å². The molecule has 0 aliphatic rings. The van der Waals surface area contributed by atoms with Crippen LogP contribution in [0, 0.1) is 18.8 Å². The second-order valence-electron chi connectivity index (χ2n) is 4.39. The van der Waals surface area contributed by atoms with Crippen LogP contribution in [-0.2, 0) is 11.2 Å². The Kier molecular flexibility index (Phi) is 4.94. The molecule has 0 saturated heterocycles. The molecule has 20 heavy (non-hydrogen) atoms. The van der Waals surface area contributed by atoms with Gasteiger partial charge in [0.15, 0.2) is 0 Å². The smallest absolute Gasteiger partial charge is 0.228 e. The van der Waals surface area contributed by atoms with E-state index in [1.807, 2.05) is 41.9 Å². The third-order valence-electron chi connectivity index (χ3n) is 2.79. The van der Waals surface area contributed by atoms with Crippen LogP contribution in [0.25, 0.3) is 0 Å². The van der Waals surface area contributed by atoms with Gasteiger partial charge in [-0.05, 0) is 47.0 Å². The van der Waals surface area contributed by atoms with Gasteiger partial charge in [0.25, 0.3) is 0 Å². The number of benzene rings is 1. The van der Waals surface area contributed by atoms with Gasteiger partial charge in [0.1, 0.15) is 0 Å². The van der Waals surface area contributed by atoms with E-state index in [1.165, 1.54) is 0 Å². The van der Waals surface area contributed by atoms with Gasteiger partial charge in [-0.3, -0.25) is 4.79 Å². The molecule has 1 aromatic carbocycles. The average molecular weight is 284 g/mol. The van der Waals surface area contributed by atoms with Crippen molar-refractivity contribution in [1.82, 2.24) is 0 Å². The van der Waals surface area contributed by atoms with Crippen LogP contribution in [0.2, 0.25) is 0 Å². The molecule has 3 N–H and O–H groups in total. The number of anilines is 1. The van der Waals surface area contributed by atoms with Crippen LogP contribution in [0.1, 0.15) is 16.7 Å². The van der Waals surface area contributed by atoms with E-state index >= 15 is 0 Å². The maximum absolute atomic E-state index is 11.9. The van der Waals surface area contributed by atoms with Crippen molar-refractivity contribution >= 4 is 22.9 Å². The lowest BCUT2D eigenvalue weighted by Gasteiger charge is -2.06. The van der Waals surface area contributed by atoms with Gasteiger partial charge in [0.05, 0.1) is 13.0 Å². The van der Waals surface area contributed by atoms with Gasteiger partial charge in [-0.15, -0.1) is 0 Å². The molecule has 0 atom stereocenters. The first-order valence-electron chi connectivity index (χ1n) is 6.29. The van der Waals surface area contributed by atoms with Gasteiger partial charge in [0, 0.05) is 11.3 Å². The zero-order valence-corrected chi connectivity index (χ0v) is 12.1. The lowest BCUT2D eigenvalue weighted by atomic mass is 10.1. The predicted molar refractivity (Wildman–Crippen MR) is 83.8 cm³/mol. The number of nitrogens with two attached hydrogens (primary N) is 1. The Bertz CT molecular complexity index is 651. The van der Waals surface area contributed by atoms with Gasteiger partial charge in [-0.25, -0.2) is 0 Å². The lowest BCUT2D eigenvalue weighted by Crippen LogP contribution is -2.14. The van der Waals surface area contributed by atoms with Crippen molar-refractivity contribution in [1.29, 1.82) is 0 Å². The Balaban J connectivity index is 2.07. The van der Waals surface area contributed by atoms with Crippen LogP contribution in [0.15, 0.2) is 35.0 Å². The number of carbonyl (C=O) groups excluding carboxylic acids is 1. The number of nitrogens with one attached hydrogen (secondary N) is 1. The number of aryl methyl sites for hydroxylation is 1. The number of rotatable bonds is 3. The SMILES string of the molecule is Cc1ccc(NC(=O)Cc2ccsc2)cc1C#CCN. The first kappa shape index (κ1) is 14.3. The minimum absolute atomic E-state index is 0.0232. The van der Waals surface area contributed by atoms with Crippen molar-refractivity contribution in [2.75, 3.05) is 11.9 Å². The van der Waals surface area contributed by atoms with E-state index in [1.54, 1.807) is 11.3 Å². The Morgan fingerprint density at radius 1 is 1.40 bits per heavy atom. The Morgan fingerprint density at radius 2 is 2.25 bits per heavy atom. The standard InChI is InChI=1S/C16H16N2OS/c1-12-4-5-15(10-14(12)3-2-7-17)18-16(19)9-13-6-8-20-11-13/h4-6,8,10-11H,7,9,17H2,1H3,(H,18,19). The quantitative estimate of drug-likeness (QED) is 0.851. The first-order chi connectivity index (χ1) is 9.69. The molecule has 0 aliphatic carbocycles. The molecule has 2 rings (SSSR count). The number of thiophene rings is 1. The van der Waals surface area contributed by atoms with Crippen molar-refractivity contribution in [2.24, 2.45) is 5.73 Å². The van der Waals surface area contributed by atoms with Gasteiger partial charge >= 0.3 is 0 Å². The predicted octanol–water partition coefficient (Wildman–Crippen LogP) is 2.55. The molecule has 0 fully saturated rings. The summed E-state index contributed by atoms with van der Waals surface area (Å²) >= 11 is 1.59. The number of carbonyl (C=O) groups is 1. The molecule has 0 aliphatic heterocycles. The summed E-state index contributed by atoms with van der Waals surface area (Å²) in [6.07, 6.45) is 0.390. The molecule has 1 heterocycles. The molecular formula is C16H16N2OS. The minimum atomic E-state index is -0.0232. The topological polar surface area (TPSA) is 55.1 Å². The van der Waals surface area contributed by atoms with Crippen molar-refractivity contribution in [3.8, 4) is 11.8 Å². The van der Waals surface area contributed by atoms with Gasteiger partial charge < -0.3 is 11.1 Å². The zero-order chi connectivity index (χ0) is 14.4. The van der Waals surface area contributed by atoms with Gasteiger partial charge in [-0.1, -0.05) is 17.9 Å². The van der Waals surface area contributed by atoms with Crippen LogP contribution in [0.4, 0.5) is 5.69 Å². The van der Waals surface area contributed by atoms with E-state index in [9.17, 15) is 4.79 Å². The number of hydrogen-bond acceptors (Lipinski definition) is 3. The first-order valence-corrected chi connectivity index (χ1v) is 7.24. The van der Waals surface area contributed by atoms with Gasteiger partial charge in [-0.2, -0.15) is 11.3 Å². The summed E-state index contributed by atoms with van der Waals surface area (Å²) in [6, 6.07) is 7.66. The molecule has 0 unspecified atom stereocenters. The minimum Gasteiger partial charge on any atom is -0.326 e. The second kappa shape index (κ2) is 6.90. The van der Waals surface area contributed by atoms with Crippen LogP contribution in [-0.4, -0.2) is 12.5 Å². The van der Waals surface area contributed by atoms with Crippen LogP contribution in [0.5, 0.6) is 0 Å². The molecule has 1 amide bonds. The highest BCUT2D eigenvalue weighted by Gasteiger charge is 2.05. The molecule has 0 radical (unpaired) electrons. The lowest BCUT2D eigenvalue weighted by molar-refractivity contribution is -0.115. The fourth-order valence-electron chi connectivity index (χ4n) is 1.76. The highest BCUT2D eigenvalue weighted by atomic mass is 32.1. The van der Waals surface area contributed by atoms with Crippen molar-refractivity contribution < 1.29 is 4.79 Å². The Hall–Kier alpha value is -2.09. The third kappa shape index (κ3) is 3.95. The monoisotopic (exact) mass is 284 g/mol. The summed E-state index contributed by atoms with van der Waals surface area (Å²) in [7, 11) is 0. The van der Waals surface area contributed by atoms with Crippen molar-refractivity contribution in [2.45, 2.75) is 13.3 Å². The Morgan fingerprint density at radius 3 is 2.95 bits per heavy atom. The fraction of sp³-hybridized carbons (Fsp3) is 0.188. The van der Waals surface area contributed by atoms with E-state index in [2.05, 4.69) is 17.2 Å². The second-order valence-corrected chi connectivity index (χ2v) is 5.17.